The third-order valence-electron chi connectivity index (χ3n) is 2.37. The number of carbonyl (C=O) groups is 1. The number of amides is 2. The fraction of sp³-hybridized carbons (Fsp3) is 0.167. The molecule has 0 saturated carbocycles. The molecular formula is C12H13ClN4O2. The number of nitrogens with zero attached hydrogens (tertiary/aromatic N) is 2. The number of nitrogens with one attached hydrogen (secondary N) is 2. The zero-order valence-corrected chi connectivity index (χ0v) is 10.8. The van der Waals surface area contributed by atoms with Crippen molar-refractivity contribution in [3.05, 3.63) is 41.7 Å². The highest BCUT2D eigenvalue weighted by Crippen LogP contribution is 2.27. The first kappa shape index (κ1) is 13.4. The molecule has 0 radical (unpaired) electrons. The summed E-state index contributed by atoms with van der Waals surface area (Å²) >= 11 is 6.14. The number of urea groups is 1. The minimum absolute atomic E-state index is 0.116. The van der Waals surface area contributed by atoms with Crippen LogP contribution in [0.15, 0.2) is 36.7 Å². The van der Waals surface area contributed by atoms with E-state index in [2.05, 4.69) is 15.7 Å². The summed E-state index contributed by atoms with van der Waals surface area (Å²) in [4.78, 5) is 11.6. The molecule has 0 fully saturated rings. The number of anilines is 1. The lowest BCUT2D eigenvalue weighted by Gasteiger charge is -2.13. The highest BCUT2D eigenvalue weighted by Gasteiger charge is 2.11. The number of hydrogen-bond donors (Lipinski definition) is 3. The van der Waals surface area contributed by atoms with Gasteiger partial charge in [0.15, 0.2) is 0 Å². The number of para-hydroxylation sites is 1. The zero-order chi connectivity index (χ0) is 13.7. The van der Waals surface area contributed by atoms with Gasteiger partial charge in [0, 0.05) is 18.9 Å². The van der Waals surface area contributed by atoms with Gasteiger partial charge < -0.3 is 15.7 Å². The van der Waals surface area contributed by atoms with E-state index in [9.17, 15) is 4.79 Å². The molecule has 3 N–H and O–H groups in total. The molecule has 0 aliphatic heterocycles. The second-order valence-electron chi connectivity index (χ2n) is 3.69. The third kappa shape index (κ3) is 3.24. The van der Waals surface area contributed by atoms with Gasteiger partial charge in [-0.05, 0) is 18.2 Å². The SMILES string of the molecule is O=C(NCCO)Nc1cccc(Cl)c1-n1cccn1. The molecule has 0 saturated heterocycles. The second-order valence-corrected chi connectivity index (χ2v) is 4.10. The smallest absolute Gasteiger partial charge is 0.319 e. The van der Waals surface area contributed by atoms with E-state index in [1.165, 1.54) is 0 Å². The molecule has 6 nitrogen and oxygen atoms in total. The molecule has 1 aromatic heterocycles. The van der Waals surface area contributed by atoms with E-state index in [0.29, 0.717) is 16.4 Å². The van der Waals surface area contributed by atoms with E-state index in [1.54, 1.807) is 41.3 Å². The van der Waals surface area contributed by atoms with Crippen LogP contribution in [0.4, 0.5) is 10.5 Å². The quantitative estimate of drug-likeness (QED) is 0.796. The maximum atomic E-state index is 11.6. The molecule has 2 aromatic rings. The maximum absolute atomic E-state index is 11.6. The lowest BCUT2D eigenvalue weighted by molar-refractivity contribution is 0.245. The third-order valence-corrected chi connectivity index (χ3v) is 2.67. The Morgan fingerprint density at radius 3 is 2.95 bits per heavy atom. The van der Waals surface area contributed by atoms with Crippen molar-refractivity contribution >= 4 is 23.3 Å². The van der Waals surface area contributed by atoms with E-state index in [1.807, 2.05) is 0 Å². The van der Waals surface area contributed by atoms with Crippen molar-refractivity contribution in [1.82, 2.24) is 15.1 Å². The normalized spacial score (nSPS) is 10.2. The molecule has 0 atom stereocenters. The number of halogens is 1. The Kier molecular flexibility index (Phi) is 4.38. The lowest BCUT2D eigenvalue weighted by Crippen LogP contribution is -2.31. The molecule has 2 amide bonds. The molecule has 0 aliphatic carbocycles. The highest BCUT2D eigenvalue weighted by atomic mass is 35.5. The summed E-state index contributed by atoms with van der Waals surface area (Å²) in [7, 11) is 0. The molecule has 1 heterocycles. The number of aliphatic hydroxyl groups excluding tert-OH is 1. The van der Waals surface area contributed by atoms with Gasteiger partial charge in [0.25, 0.3) is 0 Å². The van der Waals surface area contributed by atoms with Gasteiger partial charge in [-0.3, -0.25) is 0 Å². The highest BCUT2D eigenvalue weighted by molar-refractivity contribution is 6.33. The standard InChI is InChI=1S/C12H13ClN4O2/c13-9-3-1-4-10(16-12(19)14-6-8-18)11(9)17-7-2-5-15-17/h1-5,7,18H,6,8H2,(H2,14,16,19). The minimum Gasteiger partial charge on any atom is -0.395 e. The average Bonchev–Trinajstić information content (AvgIpc) is 2.90. The molecule has 0 bridgehead atoms. The monoisotopic (exact) mass is 280 g/mol. The second kappa shape index (κ2) is 6.21. The molecule has 1 aromatic carbocycles. The first-order valence-electron chi connectivity index (χ1n) is 5.66. The molecule has 0 spiro atoms. The molecular weight excluding hydrogens is 268 g/mol. The van der Waals surface area contributed by atoms with Crippen LogP contribution >= 0.6 is 11.6 Å². The Labute approximate surface area is 115 Å². The Hall–Kier alpha value is -2.05. The summed E-state index contributed by atoms with van der Waals surface area (Å²) in [6.45, 7) is 0.0679. The zero-order valence-electron chi connectivity index (χ0n) is 10.0. The van der Waals surface area contributed by atoms with Gasteiger partial charge in [-0.2, -0.15) is 5.10 Å². The van der Waals surface area contributed by atoms with Crippen molar-refractivity contribution in [2.75, 3.05) is 18.5 Å². The van der Waals surface area contributed by atoms with E-state index < -0.39 is 6.03 Å². The number of aromatic nitrogens is 2. The minimum atomic E-state index is -0.412. The van der Waals surface area contributed by atoms with Gasteiger partial charge in [-0.1, -0.05) is 17.7 Å². The van der Waals surface area contributed by atoms with Gasteiger partial charge >= 0.3 is 6.03 Å². The molecule has 2 rings (SSSR count). The van der Waals surface area contributed by atoms with Crippen LogP contribution in [-0.4, -0.2) is 34.1 Å². The molecule has 0 unspecified atom stereocenters. The van der Waals surface area contributed by atoms with Crippen LogP contribution in [0.3, 0.4) is 0 Å². The van der Waals surface area contributed by atoms with Gasteiger partial charge in [-0.15, -0.1) is 0 Å². The largest absolute Gasteiger partial charge is 0.395 e. The molecule has 19 heavy (non-hydrogen) atoms. The number of hydrogen-bond acceptors (Lipinski definition) is 3. The van der Waals surface area contributed by atoms with Crippen LogP contribution in [0.2, 0.25) is 5.02 Å². The first-order valence-corrected chi connectivity index (χ1v) is 6.04. The van der Waals surface area contributed by atoms with Gasteiger partial charge in [0.1, 0.15) is 5.69 Å². The first-order chi connectivity index (χ1) is 9.22. The van der Waals surface area contributed by atoms with E-state index >= 15 is 0 Å². The summed E-state index contributed by atoms with van der Waals surface area (Å²) in [5.74, 6) is 0. The van der Waals surface area contributed by atoms with E-state index in [4.69, 9.17) is 16.7 Å². The van der Waals surface area contributed by atoms with E-state index in [0.717, 1.165) is 0 Å². The number of benzene rings is 1. The summed E-state index contributed by atoms with van der Waals surface area (Å²) < 4.78 is 1.57. The Bertz CT molecular complexity index is 557. The lowest BCUT2D eigenvalue weighted by atomic mass is 10.2. The van der Waals surface area contributed by atoms with Crippen LogP contribution in [0.5, 0.6) is 0 Å². The van der Waals surface area contributed by atoms with E-state index in [-0.39, 0.29) is 13.2 Å². The topological polar surface area (TPSA) is 79.2 Å². The predicted molar refractivity (Wildman–Crippen MR) is 72.7 cm³/mol. The van der Waals surface area contributed by atoms with Crippen molar-refractivity contribution in [3.63, 3.8) is 0 Å². The fourth-order valence-electron chi connectivity index (χ4n) is 1.59. The van der Waals surface area contributed by atoms with Crippen LogP contribution in [0.25, 0.3) is 5.69 Å². The summed E-state index contributed by atoms with van der Waals surface area (Å²) in [6, 6.07) is 6.52. The van der Waals surface area contributed by atoms with Crippen LogP contribution in [0.1, 0.15) is 0 Å². The van der Waals surface area contributed by atoms with Crippen LogP contribution < -0.4 is 10.6 Å². The van der Waals surface area contributed by atoms with Gasteiger partial charge in [-0.25, -0.2) is 9.48 Å². The Morgan fingerprint density at radius 1 is 1.42 bits per heavy atom. The summed E-state index contributed by atoms with van der Waals surface area (Å²) in [5, 5.41) is 18.4. The maximum Gasteiger partial charge on any atom is 0.319 e. The van der Waals surface area contributed by atoms with Crippen molar-refractivity contribution in [1.29, 1.82) is 0 Å². The Balaban J connectivity index is 2.26. The molecule has 0 aliphatic rings. The molecule has 7 heteroatoms. The number of carbonyl (C=O) groups excluding carboxylic acids is 1. The van der Waals surface area contributed by atoms with Crippen LogP contribution in [0, 0.1) is 0 Å². The fourth-order valence-corrected chi connectivity index (χ4v) is 1.85. The summed E-state index contributed by atoms with van der Waals surface area (Å²) in [6.07, 6.45) is 3.36. The van der Waals surface area contributed by atoms with Crippen molar-refractivity contribution < 1.29 is 9.90 Å². The number of aliphatic hydroxyl groups is 1. The van der Waals surface area contributed by atoms with Crippen molar-refractivity contribution in [3.8, 4) is 5.69 Å². The van der Waals surface area contributed by atoms with Gasteiger partial charge in [0.2, 0.25) is 0 Å². The predicted octanol–water partition coefficient (Wildman–Crippen LogP) is 1.64. The average molecular weight is 281 g/mol. The van der Waals surface area contributed by atoms with Crippen LogP contribution in [-0.2, 0) is 0 Å². The van der Waals surface area contributed by atoms with Crippen molar-refractivity contribution in [2.45, 2.75) is 0 Å². The summed E-state index contributed by atoms with van der Waals surface area (Å²) in [5.41, 5.74) is 1.12. The Morgan fingerprint density at radius 2 is 2.26 bits per heavy atom. The number of rotatable bonds is 4. The van der Waals surface area contributed by atoms with Crippen molar-refractivity contribution in [2.24, 2.45) is 0 Å². The molecule has 100 valence electrons. The van der Waals surface area contributed by atoms with Gasteiger partial charge in [0.05, 0.1) is 17.3 Å².